The van der Waals surface area contributed by atoms with Crippen molar-refractivity contribution in [3.63, 3.8) is 0 Å². The number of benzene rings is 1. The second-order valence-electron chi connectivity index (χ2n) is 3.98. The summed E-state index contributed by atoms with van der Waals surface area (Å²) >= 11 is 8.52. The molecule has 4 nitrogen and oxygen atoms in total. The summed E-state index contributed by atoms with van der Waals surface area (Å²) in [6, 6.07) is 7.65. The summed E-state index contributed by atoms with van der Waals surface area (Å²) in [7, 11) is 0. The van der Waals surface area contributed by atoms with E-state index in [1.54, 1.807) is 6.20 Å². The molecular weight excluding hydrogens is 324 g/mol. The normalized spacial score (nSPS) is 10.2. The third kappa shape index (κ3) is 3.48. The maximum atomic E-state index is 5.74. The minimum absolute atomic E-state index is 0.355. The molecule has 6 heteroatoms. The molecule has 0 unspecified atom stereocenters. The highest BCUT2D eigenvalue weighted by molar-refractivity contribution is 9.10. The molecule has 0 fully saturated rings. The van der Waals surface area contributed by atoms with Crippen LogP contribution in [0.5, 0.6) is 0 Å². The molecule has 2 aromatic rings. The van der Waals surface area contributed by atoms with Crippen LogP contribution in [0.15, 0.2) is 34.9 Å². The van der Waals surface area contributed by atoms with E-state index in [0.717, 1.165) is 27.2 Å². The Morgan fingerprint density at radius 2 is 2.21 bits per heavy atom. The van der Waals surface area contributed by atoms with Gasteiger partial charge in [0.05, 0.1) is 12.2 Å². The number of aryl methyl sites for hydroxylation is 1. The smallest absolute Gasteiger partial charge is 0.125 e. The summed E-state index contributed by atoms with van der Waals surface area (Å²) in [6.45, 7) is 2.46. The Hall–Kier alpha value is -1.53. The van der Waals surface area contributed by atoms with Gasteiger partial charge in [0.2, 0.25) is 0 Å². The molecule has 1 aromatic heterocycles. The van der Waals surface area contributed by atoms with E-state index in [-0.39, 0.29) is 0 Å². The zero-order valence-corrected chi connectivity index (χ0v) is 12.8. The lowest BCUT2D eigenvalue weighted by Gasteiger charge is -2.12. The van der Waals surface area contributed by atoms with Crippen LogP contribution in [0.25, 0.3) is 0 Å². The third-order valence-corrected chi connectivity index (χ3v) is 3.42. The van der Waals surface area contributed by atoms with E-state index in [4.69, 9.17) is 18.0 Å². The summed E-state index contributed by atoms with van der Waals surface area (Å²) in [5, 5.41) is 3.29. The summed E-state index contributed by atoms with van der Waals surface area (Å²) in [5.41, 5.74) is 8.36. The first kappa shape index (κ1) is 13.9. The molecule has 0 aliphatic carbocycles. The Labute approximate surface area is 125 Å². The fraction of sp³-hybridized carbons (Fsp3) is 0.154. The minimum Gasteiger partial charge on any atom is -0.389 e. The van der Waals surface area contributed by atoms with Crippen LogP contribution in [-0.2, 0) is 6.54 Å². The summed E-state index contributed by atoms with van der Waals surface area (Å²) < 4.78 is 0.879. The molecule has 0 spiro atoms. The van der Waals surface area contributed by atoms with Gasteiger partial charge in [-0.15, -0.1) is 0 Å². The van der Waals surface area contributed by atoms with E-state index >= 15 is 0 Å². The van der Waals surface area contributed by atoms with Gasteiger partial charge in [-0.1, -0.05) is 18.3 Å². The predicted molar refractivity (Wildman–Crippen MR) is 84.1 cm³/mol. The van der Waals surface area contributed by atoms with Gasteiger partial charge in [0.15, 0.2) is 0 Å². The topological polar surface area (TPSA) is 63.8 Å². The fourth-order valence-electron chi connectivity index (χ4n) is 1.71. The maximum absolute atomic E-state index is 5.74. The number of thiocarbonyl (C=S) groups is 1. The van der Waals surface area contributed by atoms with Crippen molar-refractivity contribution in [2.24, 2.45) is 5.73 Å². The first-order valence-corrected chi connectivity index (χ1v) is 6.89. The van der Waals surface area contributed by atoms with Crippen molar-refractivity contribution in [3.8, 4) is 0 Å². The van der Waals surface area contributed by atoms with Crippen LogP contribution >= 0.6 is 28.1 Å². The average Bonchev–Trinajstić information content (AvgIpc) is 2.36. The quantitative estimate of drug-likeness (QED) is 0.840. The van der Waals surface area contributed by atoms with Gasteiger partial charge in [-0.3, -0.25) is 0 Å². The molecule has 0 amide bonds. The molecule has 0 saturated carbocycles. The molecule has 0 saturated heterocycles. The standard InChI is InChI=1S/C13H13BrN4S/c1-8-16-6-5-9(18-8)7-17-11-4-2-3-10(14)12(11)13(15)19/h2-6,17H,7H2,1H3,(H2,15,19). The minimum atomic E-state index is 0.355. The van der Waals surface area contributed by atoms with E-state index in [0.29, 0.717) is 11.5 Å². The van der Waals surface area contributed by atoms with Crippen molar-refractivity contribution in [1.29, 1.82) is 0 Å². The van der Waals surface area contributed by atoms with E-state index in [2.05, 4.69) is 31.2 Å². The highest BCUT2D eigenvalue weighted by atomic mass is 79.9. The Morgan fingerprint density at radius 1 is 1.42 bits per heavy atom. The highest BCUT2D eigenvalue weighted by Crippen LogP contribution is 2.25. The SMILES string of the molecule is Cc1nccc(CNc2cccc(Br)c2C(N)=S)n1. The van der Waals surface area contributed by atoms with Crippen LogP contribution in [0.1, 0.15) is 17.1 Å². The van der Waals surface area contributed by atoms with Gasteiger partial charge >= 0.3 is 0 Å². The predicted octanol–water partition coefficient (Wildman–Crippen LogP) is 2.79. The molecule has 19 heavy (non-hydrogen) atoms. The summed E-state index contributed by atoms with van der Waals surface area (Å²) in [6.07, 6.45) is 1.74. The van der Waals surface area contributed by atoms with Gasteiger partial charge in [0.1, 0.15) is 10.8 Å². The number of aromatic nitrogens is 2. The fourth-order valence-corrected chi connectivity index (χ4v) is 2.64. The van der Waals surface area contributed by atoms with Crippen LogP contribution in [0, 0.1) is 6.92 Å². The number of rotatable bonds is 4. The number of halogens is 1. The molecule has 0 radical (unpaired) electrons. The maximum Gasteiger partial charge on any atom is 0.125 e. The zero-order valence-electron chi connectivity index (χ0n) is 10.4. The first-order chi connectivity index (χ1) is 9.08. The van der Waals surface area contributed by atoms with Crippen molar-refractivity contribution in [2.45, 2.75) is 13.5 Å². The lowest BCUT2D eigenvalue weighted by atomic mass is 10.1. The lowest BCUT2D eigenvalue weighted by molar-refractivity contribution is 0.955. The number of anilines is 1. The molecule has 98 valence electrons. The van der Waals surface area contributed by atoms with Gasteiger partial charge < -0.3 is 11.1 Å². The number of nitrogens with two attached hydrogens (primary N) is 1. The molecule has 0 atom stereocenters. The Kier molecular flexibility index (Phi) is 4.44. The lowest BCUT2D eigenvalue weighted by Crippen LogP contribution is -2.14. The average molecular weight is 337 g/mol. The van der Waals surface area contributed by atoms with Gasteiger partial charge in [-0.25, -0.2) is 9.97 Å². The Balaban J connectivity index is 2.20. The summed E-state index contributed by atoms with van der Waals surface area (Å²) in [4.78, 5) is 8.76. The third-order valence-electron chi connectivity index (χ3n) is 2.55. The van der Waals surface area contributed by atoms with Crippen molar-refractivity contribution < 1.29 is 0 Å². The monoisotopic (exact) mass is 336 g/mol. The molecule has 3 N–H and O–H groups in total. The van der Waals surface area contributed by atoms with Crippen LogP contribution in [0.4, 0.5) is 5.69 Å². The number of nitrogens with zero attached hydrogens (tertiary/aromatic N) is 2. The molecular formula is C13H13BrN4S. The van der Waals surface area contributed by atoms with Crippen molar-refractivity contribution >= 4 is 38.8 Å². The second kappa shape index (κ2) is 6.08. The van der Waals surface area contributed by atoms with Crippen LogP contribution in [0.2, 0.25) is 0 Å². The summed E-state index contributed by atoms with van der Waals surface area (Å²) in [5.74, 6) is 0.753. The van der Waals surface area contributed by atoms with Gasteiger partial charge in [-0.05, 0) is 41.1 Å². The number of nitrogens with one attached hydrogen (secondary N) is 1. The van der Waals surface area contributed by atoms with Gasteiger partial charge in [0, 0.05) is 21.9 Å². The number of hydrogen-bond acceptors (Lipinski definition) is 4. The van der Waals surface area contributed by atoms with Crippen molar-refractivity contribution in [1.82, 2.24) is 9.97 Å². The molecule has 0 aliphatic heterocycles. The zero-order chi connectivity index (χ0) is 13.8. The largest absolute Gasteiger partial charge is 0.389 e. The van der Waals surface area contributed by atoms with E-state index in [1.807, 2.05) is 31.2 Å². The van der Waals surface area contributed by atoms with E-state index in [1.165, 1.54) is 0 Å². The number of hydrogen-bond donors (Lipinski definition) is 2. The second-order valence-corrected chi connectivity index (χ2v) is 5.27. The van der Waals surface area contributed by atoms with E-state index < -0.39 is 0 Å². The van der Waals surface area contributed by atoms with Crippen LogP contribution in [0.3, 0.4) is 0 Å². The van der Waals surface area contributed by atoms with Crippen molar-refractivity contribution in [2.75, 3.05) is 5.32 Å². The van der Waals surface area contributed by atoms with Crippen LogP contribution < -0.4 is 11.1 Å². The molecule has 0 aliphatic rings. The molecule has 0 bridgehead atoms. The Bertz CT molecular complexity index is 615. The van der Waals surface area contributed by atoms with E-state index in [9.17, 15) is 0 Å². The van der Waals surface area contributed by atoms with Gasteiger partial charge in [-0.2, -0.15) is 0 Å². The van der Waals surface area contributed by atoms with Crippen LogP contribution in [-0.4, -0.2) is 15.0 Å². The van der Waals surface area contributed by atoms with Crippen molar-refractivity contribution in [3.05, 3.63) is 52.0 Å². The molecule has 1 aromatic carbocycles. The Morgan fingerprint density at radius 3 is 2.89 bits per heavy atom. The highest BCUT2D eigenvalue weighted by Gasteiger charge is 2.09. The first-order valence-electron chi connectivity index (χ1n) is 5.68. The molecule has 1 heterocycles. The van der Waals surface area contributed by atoms with Gasteiger partial charge in [0.25, 0.3) is 0 Å². The molecule has 2 rings (SSSR count).